The second-order valence-electron chi connectivity index (χ2n) is 7.30. The topological polar surface area (TPSA) is 50.4 Å². The standard InChI is InChI=1S/C25H26N2O2S/c1-18(2)20-11-13-21(14-12-20)24(28)27-25(30)26-22-9-6-10-23(17-22)29-16-15-19-7-4-3-5-8-19/h3-14,17-18H,15-16H2,1-2H3,(H2,26,27,28,30). The van der Waals surface area contributed by atoms with Crippen molar-refractivity contribution in [2.75, 3.05) is 11.9 Å². The molecule has 0 saturated carbocycles. The number of thiocarbonyl (C=S) groups is 1. The average Bonchev–Trinajstić information content (AvgIpc) is 2.75. The van der Waals surface area contributed by atoms with E-state index < -0.39 is 0 Å². The van der Waals surface area contributed by atoms with Gasteiger partial charge in [0.2, 0.25) is 0 Å². The lowest BCUT2D eigenvalue weighted by Crippen LogP contribution is -2.34. The Morgan fingerprint density at radius 3 is 2.40 bits per heavy atom. The van der Waals surface area contributed by atoms with Crippen molar-refractivity contribution in [2.45, 2.75) is 26.2 Å². The molecule has 0 saturated heterocycles. The van der Waals surface area contributed by atoms with E-state index in [0.29, 0.717) is 18.1 Å². The van der Waals surface area contributed by atoms with Gasteiger partial charge in [0.05, 0.1) is 6.61 Å². The fourth-order valence-electron chi connectivity index (χ4n) is 2.95. The lowest BCUT2D eigenvalue weighted by atomic mass is 10.0. The first-order chi connectivity index (χ1) is 14.5. The fourth-order valence-corrected chi connectivity index (χ4v) is 3.16. The van der Waals surface area contributed by atoms with Crippen LogP contribution in [0, 0.1) is 0 Å². The molecule has 30 heavy (non-hydrogen) atoms. The molecule has 0 unspecified atom stereocenters. The minimum atomic E-state index is -0.238. The number of hydrogen-bond acceptors (Lipinski definition) is 3. The van der Waals surface area contributed by atoms with E-state index >= 15 is 0 Å². The number of carbonyl (C=O) groups is 1. The zero-order valence-electron chi connectivity index (χ0n) is 17.2. The van der Waals surface area contributed by atoms with E-state index in [-0.39, 0.29) is 11.0 Å². The van der Waals surface area contributed by atoms with Gasteiger partial charge in [-0.3, -0.25) is 10.1 Å². The van der Waals surface area contributed by atoms with Crippen molar-refractivity contribution in [1.82, 2.24) is 5.32 Å². The Hall–Kier alpha value is -3.18. The number of carbonyl (C=O) groups excluding carboxylic acids is 1. The SMILES string of the molecule is CC(C)c1ccc(C(=O)NC(=S)Nc2cccc(OCCc3ccccc3)c2)cc1. The maximum absolute atomic E-state index is 12.4. The molecule has 2 N–H and O–H groups in total. The maximum atomic E-state index is 12.4. The van der Waals surface area contributed by atoms with Crippen LogP contribution >= 0.6 is 12.2 Å². The third-order valence-corrected chi connectivity index (χ3v) is 4.86. The molecule has 3 aromatic carbocycles. The van der Waals surface area contributed by atoms with Gasteiger partial charge in [0.1, 0.15) is 5.75 Å². The number of benzene rings is 3. The average molecular weight is 419 g/mol. The molecule has 1 amide bonds. The summed E-state index contributed by atoms with van der Waals surface area (Å²) in [4.78, 5) is 12.4. The van der Waals surface area contributed by atoms with E-state index in [1.54, 1.807) is 0 Å². The Balaban J connectivity index is 1.51. The molecular weight excluding hydrogens is 392 g/mol. The third kappa shape index (κ3) is 6.42. The second kappa shape index (κ2) is 10.6. The van der Waals surface area contributed by atoms with Crippen molar-refractivity contribution in [3.05, 3.63) is 95.6 Å². The highest BCUT2D eigenvalue weighted by molar-refractivity contribution is 7.80. The lowest BCUT2D eigenvalue weighted by Gasteiger charge is -2.12. The third-order valence-electron chi connectivity index (χ3n) is 4.66. The molecule has 5 heteroatoms. The van der Waals surface area contributed by atoms with Crippen LogP contribution in [0.3, 0.4) is 0 Å². The van der Waals surface area contributed by atoms with Gasteiger partial charge >= 0.3 is 0 Å². The van der Waals surface area contributed by atoms with Gasteiger partial charge in [-0.2, -0.15) is 0 Å². The molecule has 0 fully saturated rings. The van der Waals surface area contributed by atoms with Crippen LogP contribution in [0.4, 0.5) is 5.69 Å². The van der Waals surface area contributed by atoms with Crippen molar-refractivity contribution >= 4 is 28.9 Å². The molecule has 3 rings (SSSR count). The molecule has 3 aromatic rings. The van der Waals surface area contributed by atoms with Crippen molar-refractivity contribution in [2.24, 2.45) is 0 Å². The van der Waals surface area contributed by atoms with E-state index in [1.165, 1.54) is 11.1 Å². The van der Waals surface area contributed by atoms with Gasteiger partial charge in [0.25, 0.3) is 5.91 Å². The molecule has 0 aliphatic carbocycles. The smallest absolute Gasteiger partial charge is 0.257 e. The van der Waals surface area contributed by atoms with Crippen molar-refractivity contribution in [3.63, 3.8) is 0 Å². The summed E-state index contributed by atoms with van der Waals surface area (Å²) in [6.07, 6.45) is 0.836. The van der Waals surface area contributed by atoms with E-state index in [2.05, 4.69) is 36.6 Å². The molecule has 0 bridgehead atoms. The van der Waals surface area contributed by atoms with Crippen molar-refractivity contribution < 1.29 is 9.53 Å². The van der Waals surface area contributed by atoms with Gasteiger partial charge in [0.15, 0.2) is 5.11 Å². The van der Waals surface area contributed by atoms with Crippen LogP contribution < -0.4 is 15.4 Å². The van der Waals surface area contributed by atoms with Crippen LogP contribution in [0.2, 0.25) is 0 Å². The van der Waals surface area contributed by atoms with Crippen LogP contribution in [-0.2, 0) is 6.42 Å². The Bertz CT molecular complexity index is 986. The first kappa shape index (κ1) is 21.5. The zero-order valence-corrected chi connectivity index (χ0v) is 18.0. The Morgan fingerprint density at radius 1 is 0.967 bits per heavy atom. The zero-order chi connectivity index (χ0) is 21.3. The maximum Gasteiger partial charge on any atom is 0.257 e. The molecule has 154 valence electrons. The molecule has 0 aromatic heterocycles. The number of ether oxygens (including phenoxy) is 1. The quantitative estimate of drug-likeness (QED) is 0.493. The molecule has 0 spiro atoms. The number of nitrogens with one attached hydrogen (secondary N) is 2. The summed E-state index contributed by atoms with van der Waals surface area (Å²) < 4.78 is 5.84. The lowest BCUT2D eigenvalue weighted by molar-refractivity contribution is 0.0977. The molecular formula is C25H26N2O2S. The second-order valence-corrected chi connectivity index (χ2v) is 7.71. The molecule has 0 aliphatic heterocycles. The summed E-state index contributed by atoms with van der Waals surface area (Å²) in [5, 5.41) is 6.00. The highest BCUT2D eigenvalue weighted by Crippen LogP contribution is 2.18. The van der Waals surface area contributed by atoms with Gasteiger partial charge in [-0.25, -0.2) is 0 Å². The minimum absolute atomic E-state index is 0.238. The number of rotatable bonds is 7. The predicted molar refractivity (Wildman–Crippen MR) is 126 cm³/mol. The van der Waals surface area contributed by atoms with Gasteiger partial charge in [-0.05, 0) is 53.5 Å². The van der Waals surface area contributed by atoms with Crippen molar-refractivity contribution in [1.29, 1.82) is 0 Å². The highest BCUT2D eigenvalue weighted by atomic mass is 32.1. The Labute approximate surface area is 183 Å². The fraction of sp³-hybridized carbons (Fsp3) is 0.200. The highest BCUT2D eigenvalue weighted by Gasteiger charge is 2.09. The van der Waals surface area contributed by atoms with Crippen LogP contribution in [0.5, 0.6) is 5.75 Å². The number of hydrogen-bond donors (Lipinski definition) is 2. The van der Waals surface area contributed by atoms with E-state index in [4.69, 9.17) is 17.0 Å². The minimum Gasteiger partial charge on any atom is -0.493 e. The molecule has 0 aliphatic rings. The van der Waals surface area contributed by atoms with Crippen LogP contribution in [0.1, 0.15) is 41.3 Å². The summed E-state index contributed by atoms with van der Waals surface area (Å²) in [5.74, 6) is 0.930. The molecule has 0 atom stereocenters. The summed E-state index contributed by atoms with van der Waals surface area (Å²) in [6, 6.07) is 25.3. The van der Waals surface area contributed by atoms with Gasteiger partial charge in [0, 0.05) is 23.7 Å². The van der Waals surface area contributed by atoms with Gasteiger partial charge < -0.3 is 10.1 Å². The summed E-state index contributed by atoms with van der Waals surface area (Å²) in [5.41, 5.74) is 3.75. The summed E-state index contributed by atoms with van der Waals surface area (Å²) in [7, 11) is 0. The normalized spacial score (nSPS) is 10.5. The van der Waals surface area contributed by atoms with Gasteiger partial charge in [-0.1, -0.05) is 62.4 Å². The molecule has 4 nitrogen and oxygen atoms in total. The Kier molecular flexibility index (Phi) is 7.57. The predicted octanol–water partition coefficient (Wildman–Crippen LogP) is 5.56. The summed E-state index contributed by atoms with van der Waals surface area (Å²) >= 11 is 5.29. The molecule has 0 heterocycles. The van der Waals surface area contributed by atoms with Crippen LogP contribution in [0.25, 0.3) is 0 Å². The Morgan fingerprint density at radius 2 is 1.70 bits per heavy atom. The first-order valence-electron chi connectivity index (χ1n) is 10.0. The monoisotopic (exact) mass is 418 g/mol. The van der Waals surface area contributed by atoms with Crippen molar-refractivity contribution in [3.8, 4) is 5.75 Å². The van der Waals surface area contributed by atoms with Crippen LogP contribution in [0.15, 0.2) is 78.9 Å². The van der Waals surface area contributed by atoms with Crippen LogP contribution in [-0.4, -0.2) is 17.6 Å². The van der Waals surface area contributed by atoms with E-state index in [1.807, 2.05) is 66.7 Å². The largest absolute Gasteiger partial charge is 0.493 e. The van der Waals surface area contributed by atoms with E-state index in [9.17, 15) is 4.79 Å². The number of amides is 1. The summed E-state index contributed by atoms with van der Waals surface area (Å²) in [6.45, 7) is 4.82. The van der Waals surface area contributed by atoms with E-state index in [0.717, 1.165) is 17.9 Å². The molecule has 0 radical (unpaired) electrons. The van der Waals surface area contributed by atoms with Gasteiger partial charge in [-0.15, -0.1) is 0 Å². The first-order valence-corrected chi connectivity index (χ1v) is 10.4. The number of anilines is 1.